The highest BCUT2D eigenvalue weighted by Gasteiger charge is 2.35. The standard InChI is InChI=1S/C33H38N8O3/c1-20-26(44-24-12-13-34-28(16-24)36-21(2)42)18-35-31-30(20)40(6)32(38-31)37-29-17-27(33(3,4)5)41(39-29)23-14-25(15-23)43-19-22-10-8-7-9-11-22/h7-13,16-18,23,25H,14-15,19H2,1-6H3,(H,34,36,42)(H,35,37,38,39)/t23-,25-. The van der Waals surface area contributed by atoms with Crippen molar-refractivity contribution in [2.75, 3.05) is 10.6 Å². The molecule has 4 aromatic heterocycles. The van der Waals surface area contributed by atoms with Crippen molar-refractivity contribution < 1.29 is 14.3 Å². The number of aryl methyl sites for hydroxylation is 2. The van der Waals surface area contributed by atoms with E-state index in [1.807, 2.05) is 36.7 Å². The molecule has 0 unspecified atom stereocenters. The zero-order valence-corrected chi connectivity index (χ0v) is 26.0. The predicted octanol–water partition coefficient (Wildman–Crippen LogP) is 6.58. The lowest BCUT2D eigenvalue weighted by atomic mass is 9.86. The van der Waals surface area contributed by atoms with Gasteiger partial charge in [0.1, 0.15) is 11.6 Å². The molecule has 0 saturated heterocycles. The number of carbonyl (C=O) groups is 1. The predicted molar refractivity (Wildman–Crippen MR) is 169 cm³/mol. The smallest absolute Gasteiger partial charge is 0.222 e. The highest BCUT2D eigenvalue weighted by Crippen LogP contribution is 2.39. The molecule has 0 aliphatic heterocycles. The number of ether oxygens (including phenoxy) is 2. The van der Waals surface area contributed by atoms with Crippen LogP contribution < -0.4 is 15.4 Å². The summed E-state index contributed by atoms with van der Waals surface area (Å²) >= 11 is 0. The molecule has 6 rings (SSSR count). The Morgan fingerprint density at radius 2 is 1.84 bits per heavy atom. The first-order valence-corrected chi connectivity index (χ1v) is 14.8. The summed E-state index contributed by atoms with van der Waals surface area (Å²) in [5, 5.41) is 11.1. The Balaban J connectivity index is 1.19. The van der Waals surface area contributed by atoms with E-state index in [-0.39, 0.29) is 23.5 Å². The molecule has 1 fully saturated rings. The normalized spacial score (nSPS) is 16.5. The van der Waals surface area contributed by atoms with Gasteiger partial charge in [0.2, 0.25) is 11.9 Å². The van der Waals surface area contributed by atoms with Gasteiger partial charge in [-0.25, -0.2) is 9.97 Å². The van der Waals surface area contributed by atoms with Crippen molar-refractivity contribution in [3.63, 3.8) is 0 Å². The molecule has 4 heterocycles. The van der Waals surface area contributed by atoms with Gasteiger partial charge in [-0.1, -0.05) is 51.1 Å². The average Bonchev–Trinajstić information content (AvgIpc) is 3.51. The molecular formula is C33H38N8O3. The molecular weight excluding hydrogens is 556 g/mol. The molecule has 1 aliphatic rings. The zero-order chi connectivity index (χ0) is 31.0. The number of carbonyl (C=O) groups excluding carboxylic acids is 1. The molecule has 5 aromatic rings. The van der Waals surface area contributed by atoms with Crippen molar-refractivity contribution in [3.05, 3.63) is 77.7 Å². The minimum atomic E-state index is -0.201. The van der Waals surface area contributed by atoms with Crippen molar-refractivity contribution in [2.45, 2.75) is 71.6 Å². The van der Waals surface area contributed by atoms with Gasteiger partial charge in [-0.15, -0.1) is 0 Å². The molecule has 44 heavy (non-hydrogen) atoms. The molecule has 1 saturated carbocycles. The number of benzene rings is 1. The van der Waals surface area contributed by atoms with Crippen LogP contribution in [0.3, 0.4) is 0 Å². The minimum Gasteiger partial charge on any atom is -0.455 e. The Labute approximate surface area is 256 Å². The van der Waals surface area contributed by atoms with Crippen LogP contribution in [0, 0.1) is 6.92 Å². The Morgan fingerprint density at radius 1 is 1.07 bits per heavy atom. The van der Waals surface area contributed by atoms with Crippen LogP contribution in [0.15, 0.2) is 60.9 Å². The topological polar surface area (TPSA) is 121 Å². The van der Waals surface area contributed by atoms with E-state index < -0.39 is 0 Å². The summed E-state index contributed by atoms with van der Waals surface area (Å²) in [7, 11) is 1.94. The van der Waals surface area contributed by atoms with Crippen LogP contribution in [0.5, 0.6) is 11.5 Å². The maximum Gasteiger partial charge on any atom is 0.222 e. The monoisotopic (exact) mass is 594 g/mol. The Bertz CT molecular complexity index is 1800. The van der Waals surface area contributed by atoms with Gasteiger partial charge in [0, 0.05) is 49.0 Å². The van der Waals surface area contributed by atoms with Crippen LogP contribution in [-0.4, -0.2) is 41.3 Å². The number of nitrogens with one attached hydrogen (secondary N) is 2. The first kappa shape index (κ1) is 29.3. The van der Waals surface area contributed by atoms with E-state index in [0.29, 0.717) is 35.5 Å². The van der Waals surface area contributed by atoms with Crippen LogP contribution in [0.1, 0.15) is 63.4 Å². The summed E-state index contributed by atoms with van der Waals surface area (Å²) in [5.74, 6) is 2.71. The number of anilines is 3. The Hall–Kier alpha value is -4.77. The first-order valence-electron chi connectivity index (χ1n) is 14.8. The quantitative estimate of drug-likeness (QED) is 0.196. The second-order valence-corrected chi connectivity index (χ2v) is 12.4. The van der Waals surface area contributed by atoms with Crippen molar-refractivity contribution in [1.82, 2.24) is 29.3 Å². The van der Waals surface area contributed by atoms with E-state index in [4.69, 9.17) is 19.6 Å². The van der Waals surface area contributed by atoms with Crippen molar-refractivity contribution in [1.29, 1.82) is 0 Å². The fraction of sp³-hybridized carbons (Fsp3) is 0.364. The van der Waals surface area contributed by atoms with Crippen LogP contribution in [0.2, 0.25) is 0 Å². The third-order valence-corrected chi connectivity index (χ3v) is 7.86. The lowest BCUT2D eigenvalue weighted by molar-refractivity contribution is -0.114. The molecule has 11 nitrogen and oxygen atoms in total. The Morgan fingerprint density at radius 3 is 2.57 bits per heavy atom. The minimum absolute atomic E-state index is 0.0909. The van der Waals surface area contributed by atoms with Crippen LogP contribution >= 0.6 is 0 Å². The molecule has 2 N–H and O–H groups in total. The van der Waals surface area contributed by atoms with Gasteiger partial charge in [0.05, 0.1) is 30.5 Å². The highest BCUT2D eigenvalue weighted by atomic mass is 16.5. The molecule has 0 radical (unpaired) electrons. The summed E-state index contributed by atoms with van der Waals surface area (Å²) in [5.41, 5.74) is 4.58. The second kappa shape index (κ2) is 11.7. The van der Waals surface area contributed by atoms with Gasteiger partial charge in [0.15, 0.2) is 17.2 Å². The number of hydrogen-bond donors (Lipinski definition) is 2. The van der Waals surface area contributed by atoms with E-state index in [1.165, 1.54) is 12.5 Å². The molecule has 228 valence electrons. The maximum atomic E-state index is 11.4. The van der Waals surface area contributed by atoms with Gasteiger partial charge in [-0.2, -0.15) is 10.1 Å². The fourth-order valence-corrected chi connectivity index (χ4v) is 5.46. The van der Waals surface area contributed by atoms with Crippen LogP contribution in [0.25, 0.3) is 11.2 Å². The van der Waals surface area contributed by atoms with Gasteiger partial charge in [-0.3, -0.25) is 9.48 Å². The maximum absolute atomic E-state index is 11.4. The van der Waals surface area contributed by atoms with Crippen molar-refractivity contribution >= 4 is 34.7 Å². The molecule has 1 amide bonds. The summed E-state index contributed by atoms with van der Waals surface area (Å²) in [6.07, 6.45) is 5.33. The number of hydrogen-bond acceptors (Lipinski definition) is 8. The molecule has 0 bridgehead atoms. The largest absolute Gasteiger partial charge is 0.455 e. The number of aromatic nitrogens is 6. The summed E-state index contributed by atoms with van der Waals surface area (Å²) in [4.78, 5) is 24.9. The number of rotatable bonds is 9. The van der Waals surface area contributed by atoms with E-state index in [9.17, 15) is 4.79 Å². The number of pyridine rings is 2. The molecule has 11 heteroatoms. The zero-order valence-electron chi connectivity index (χ0n) is 26.0. The SMILES string of the molecule is CC(=O)Nc1cc(Oc2cnc3nc(Nc4cc(C(C)(C)C)n([C@H]5C[C@H](OCc6ccccc6)C5)n4)n(C)c3c2C)ccn1. The van der Waals surface area contributed by atoms with Gasteiger partial charge in [0.25, 0.3) is 0 Å². The highest BCUT2D eigenvalue weighted by molar-refractivity contribution is 5.87. The van der Waals surface area contributed by atoms with Gasteiger partial charge in [-0.05, 0) is 31.4 Å². The number of nitrogens with zero attached hydrogens (tertiary/aromatic N) is 6. The first-order chi connectivity index (χ1) is 21.0. The van der Waals surface area contributed by atoms with Gasteiger partial charge >= 0.3 is 0 Å². The third kappa shape index (κ3) is 6.14. The van der Waals surface area contributed by atoms with E-state index in [2.05, 4.69) is 64.3 Å². The van der Waals surface area contributed by atoms with Crippen molar-refractivity contribution in [2.24, 2.45) is 7.05 Å². The van der Waals surface area contributed by atoms with Gasteiger partial charge < -0.3 is 24.7 Å². The van der Waals surface area contributed by atoms with E-state index >= 15 is 0 Å². The molecule has 0 spiro atoms. The average molecular weight is 595 g/mol. The van der Waals surface area contributed by atoms with Crippen molar-refractivity contribution in [3.8, 4) is 11.5 Å². The fourth-order valence-electron chi connectivity index (χ4n) is 5.46. The number of fused-ring (bicyclic) bond motifs is 1. The molecule has 0 atom stereocenters. The number of imidazole rings is 1. The van der Waals surface area contributed by atoms with E-state index in [0.717, 1.165) is 35.4 Å². The summed E-state index contributed by atoms with van der Waals surface area (Å²) in [6, 6.07) is 16.1. The van der Waals surface area contributed by atoms with E-state index in [1.54, 1.807) is 24.5 Å². The summed E-state index contributed by atoms with van der Waals surface area (Å²) < 4.78 is 16.4. The lowest BCUT2D eigenvalue weighted by Crippen LogP contribution is -2.36. The summed E-state index contributed by atoms with van der Waals surface area (Å²) in [6.45, 7) is 10.7. The molecule has 1 aliphatic carbocycles. The lowest BCUT2D eigenvalue weighted by Gasteiger charge is -2.37. The molecule has 1 aromatic carbocycles. The number of amides is 1. The Kier molecular flexibility index (Phi) is 7.81. The third-order valence-electron chi connectivity index (χ3n) is 7.86. The van der Waals surface area contributed by atoms with Crippen LogP contribution in [0.4, 0.5) is 17.6 Å². The van der Waals surface area contributed by atoms with Crippen LogP contribution in [-0.2, 0) is 28.6 Å². The second-order valence-electron chi connectivity index (χ2n) is 12.4.